The molecule has 3 heterocycles. The number of hydrogen-bond donors (Lipinski definition) is 2. The number of likely N-dealkylation sites (tertiary alicyclic amines) is 1. The smallest absolute Gasteiger partial charge is 0.391 e. The molecule has 0 bridgehead atoms. The molecule has 2 fully saturated rings. The molecule has 1 aliphatic heterocycles. The van der Waals surface area contributed by atoms with E-state index in [4.69, 9.17) is 4.74 Å². The Kier molecular flexibility index (Phi) is 8.64. The van der Waals surface area contributed by atoms with E-state index < -0.39 is 18.6 Å². The van der Waals surface area contributed by atoms with Crippen LogP contribution in [0.25, 0.3) is 10.9 Å². The van der Waals surface area contributed by atoms with Gasteiger partial charge in [-0.25, -0.2) is 15.0 Å². The number of fused-ring (bicyclic) bond motifs is 1. The second kappa shape index (κ2) is 11.6. The quantitative estimate of drug-likeness (QED) is 0.491. The number of aromatic nitrogens is 3. The number of alkyl halides is 3. The molecule has 1 saturated carbocycles. The van der Waals surface area contributed by atoms with Gasteiger partial charge in [0, 0.05) is 55.8 Å². The van der Waals surface area contributed by atoms with Crippen molar-refractivity contribution in [1.82, 2.24) is 19.9 Å². The standard InChI is InChI=1S/C27H38F3N5O3/c1-5-19-11-21(10-16(3)35(19)17(4)36)38-25-23-14-32-26(33-15(2)12-27(28,29)30)34-24(23)22(13-31-25)18-6-8-20(37)9-7-18/h13-16,18-21,37H,5-12H2,1-4H3,(H,32,33,34)/t15-,16-,18-,19+,20-,21-/m0/s1. The number of carbonyl (C=O) groups excluding carboxylic acids is 1. The first kappa shape index (κ1) is 28.3. The van der Waals surface area contributed by atoms with Crippen LogP contribution in [0.2, 0.25) is 0 Å². The number of halogens is 3. The van der Waals surface area contributed by atoms with E-state index in [1.807, 2.05) is 11.8 Å². The van der Waals surface area contributed by atoms with Gasteiger partial charge in [0.2, 0.25) is 17.7 Å². The minimum absolute atomic E-state index is 0.0255. The third-order valence-corrected chi connectivity index (χ3v) is 7.78. The Labute approximate surface area is 221 Å². The Morgan fingerprint density at radius 2 is 1.92 bits per heavy atom. The molecule has 210 valence electrons. The number of rotatable bonds is 7. The number of ether oxygens (including phenoxy) is 1. The molecule has 8 nitrogen and oxygen atoms in total. The Morgan fingerprint density at radius 3 is 2.55 bits per heavy atom. The van der Waals surface area contributed by atoms with Gasteiger partial charge in [-0.2, -0.15) is 13.2 Å². The molecule has 0 unspecified atom stereocenters. The molecule has 1 saturated heterocycles. The Bertz CT molecular complexity index is 1120. The molecular weight excluding hydrogens is 499 g/mol. The monoisotopic (exact) mass is 537 g/mol. The van der Waals surface area contributed by atoms with E-state index >= 15 is 0 Å². The van der Waals surface area contributed by atoms with Crippen LogP contribution in [0.1, 0.15) is 90.5 Å². The van der Waals surface area contributed by atoms with E-state index in [0.29, 0.717) is 42.5 Å². The molecule has 2 aliphatic rings. The summed E-state index contributed by atoms with van der Waals surface area (Å²) in [6, 6.07) is -0.794. The summed E-state index contributed by atoms with van der Waals surface area (Å²) in [6.07, 6.45) is 2.61. The molecule has 2 aromatic heterocycles. The van der Waals surface area contributed by atoms with Crippen LogP contribution in [0.4, 0.5) is 19.1 Å². The summed E-state index contributed by atoms with van der Waals surface area (Å²) in [7, 11) is 0. The average molecular weight is 538 g/mol. The number of nitrogens with one attached hydrogen (secondary N) is 1. The highest BCUT2D eigenvalue weighted by Gasteiger charge is 2.36. The number of piperidine rings is 1. The molecule has 0 aromatic carbocycles. The molecule has 38 heavy (non-hydrogen) atoms. The average Bonchev–Trinajstić information content (AvgIpc) is 2.83. The van der Waals surface area contributed by atoms with E-state index in [1.165, 1.54) is 6.92 Å². The number of aliphatic hydroxyl groups is 1. The number of carbonyl (C=O) groups is 1. The van der Waals surface area contributed by atoms with Crippen molar-refractivity contribution in [3.8, 4) is 5.88 Å². The zero-order valence-corrected chi connectivity index (χ0v) is 22.5. The van der Waals surface area contributed by atoms with E-state index in [1.54, 1.807) is 19.3 Å². The van der Waals surface area contributed by atoms with Crippen molar-refractivity contribution in [2.24, 2.45) is 0 Å². The molecule has 2 aromatic rings. The van der Waals surface area contributed by atoms with Crippen LogP contribution in [0.3, 0.4) is 0 Å². The predicted molar refractivity (Wildman–Crippen MR) is 138 cm³/mol. The van der Waals surface area contributed by atoms with Gasteiger partial charge in [-0.1, -0.05) is 6.92 Å². The van der Waals surface area contributed by atoms with E-state index in [9.17, 15) is 23.1 Å². The van der Waals surface area contributed by atoms with Crippen molar-refractivity contribution in [1.29, 1.82) is 0 Å². The van der Waals surface area contributed by atoms with Gasteiger partial charge in [0.05, 0.1) is 23.4 Å². The van der Waals surface area contributed by atoms with Gasteiger partial charge in [0.15, 0.2) is 0 Å². The van der Waals surface area contributed by atoms with Crippen molar-refractivity contribution in [2.45, 2.75) is 121 Å². The fraction of sp³-hybridized carbons (Fsp3) is 0.704. The van der Waals surface area contributed by atoms with E-state index in [-0.39, 0.29) is 42.1 Å². The van der Waals surface area contributed by atoms with Crippen LogP contribution in [-0.2, 0) is 4.79 Å². The zero-order chi connectivity index (χ0) is 27.6. The fourth-order valence-corrected chi connectivity index (χ4v) is 6.04. The number of pyridine rings is 1. The van der Waals surface area contributed by atoms with Gasteiger partial charge in [0.25, 0.3) is 0 Å². The van der Waals surface area contributed by atoms with Crippen molar-refractivity contribution in [3.05, 3.63) is 18.0 Å². The van der Waals surface area contributed by atoms with Crippen molar-refractivity contribution < 1.29 is 27.8 Å². The van der Waals surface area contributed by atoms with Gasteiger partial charge < -0.3 is 20.1 Å². The second-order valence-corrected chi connectivity index (χ2v) is 10.9. The lowest BCUT2D eigenvalue weighted by Crippen LogP contribution is -2.52. The zero-order valence-electron chi connectivity index (χ0n) is 22.5. The van der Waals surface area contributed by atoms with Gasteiger partial charge in [-0.15, -0.1) is 0 Å². The molecule has 11 heteroatoms. The summed E-state index contributed by atoms with van der Waals surface area (Å²) in [5, 5.41) is 13.4. The number of nitrogens with zero attached hydrogens (tertiary/aromatic N) is 4. The van der Waals surface area contributed by atoms with Gasteiger partial charge in [-0.05, 0) is 51.9 Å². The van der Waals surface area contributed by atoms with Crippen LogP contribution in [0.15, 0.2) is 12.4 Å². The van der Waals surface area contributed by atoms with Crippen molar-refractivity contribution in [2.75, 3.05) is 5.32 Å². The first-order chi connectivity index (χ1) is 17.9. The number of anilines is 1. The topological polar surface area (TPSA) is 100 Å². The normalized spacial score (nSPS) is 27.3. The minimum atomic E-state index is -4.30. The number of aliphatic hydroxyl groups excluding tert-OH is 1. The van der Waals surface area contributed by atoms with Crippen LogP contribution >= 0.6 is 0 Å². The van der Waals surface area contributed by atoms with E-state index in [0.717, 1.165) is 24.8 Å². The second-order valence-electron chi connectivity index (χ2n) is 10.9. The predicted octanol–water partition coefficient (Wildman–Crippen LogP) is 5.35. The van der Waals surface area contributed by atoms with Crippen LogP contribution in [-0.4, -0.2) is 67.4 Å². The summed E-state index contributed by atoms with van der Waals surface area (Å²) in [5.74, 6) is 0.693. The highest BCUT2D eigenvalue weighted by Crippen LogP contribution is 2.39. The van der Waals surface area contributed by atoms with Gasteiger partial charge in [-0.3, -0.25) is 4.79 Å². The maximum atomic E-state index is 12.9. The highest BCUT2D eigenvalue weighted by atomic mass is 19.4. The lowest BCUT2D eigenvalue weighted by Gasteiger charge is -2.43. The Balaban J connectivity index is 1.64. The Hall–Kier alpha value is -2.69. The van der Waals surface area contributed by atoms with Gasteiger partial charge in [0.1, 0.15) is 6.10 Å². The number of hydrogen-bond acceptors (Lipinski definition) is 7. The first-order valence-corrected chi connectivity index (χ1v) is 13.6. The fourth-order valence-electron chi connectivity index (χ4n) is 6.04. The molecule has 1 aliphatic carbocycles. The summed E-state index contributed by atoms with van der Waals surface area (Å²) in [4.78, 5) is 27.7. The maximum Gasteiger partial charge on any atom is 0.391 e. The summed E-state index contributed by atoms with van der Waals surface area (Å²) < 4.78 is 45.0. The highest BCUT2D eigenvalue weighted by molar-refractivity contribution is 5.86. The Morgan fingerprint density at radius 1 is 1.21 bits per heavy atom. The summed E-state index contributed by atoms with van der Waals surface area (Å²) in [5.41, 5.74) is 1.49. The third-order valence-electron chi connectivity index (χ3n) is 7.78. The lowest BCUT2D eigenvalue weighted by molar-refractivity contribution is -0.138. The molecule has 1 amide bonds. The van der Waals surface area contributed by atoms with Crippen LogP contribution < -0.4 is 10.1 Å². The largest absolute Gasteiger partial charge is 0.474 e. The van der Waals surface area contributed by atoms with E-state index in [2.05, 4.69) is 27.2 Å². The summed E-state index contributed by atoms with van der Waals surface area (Å²) >= 11 is 0. The first-order valence-electron chi connectivity index (χ1n) is 13.6. The maximum absolute atomic E-state index is 12.9. The van der Waals surface area contributed by atoms with Crippen molar-refractivity contribution in [3.63, 3.8) is 0 Å². The minimum Gasteiger partial charge on any atom is -0.474 e. The molecule has 4 atom stereocenters. The summed E-state index contributed by atoms with van der Waals surface area (Å²) in [6.45, 7) is 7.12. The molecule has 0 radical (unpaired) electrons. The lowest BCUT2D eigenvalue weighted by atomic mass is 9.83. The van der Waals surface area contributed by atoms with Crippen molar-refractivity contribution >= 4 is 22.8 Å². The van der Waals surface area contributed by atoms with Crippen LogP contribution in [0.5, 0.6) is 5.88 Å². The third kappa shape index (κ3) is 6.65. The molecule has 2 N–H and O–H groups in total. The number of amides is 1. The molecule has 0 spiro atoms. The SMILES string of the molecule is CC[C@@H]1C[C@@H](Oc2ncc([C@H]3CC[C@H](O)CC3)c3nc(N[C@@H](C)CC(F)(F)F)ncc23)C[C@H](C)N1C(C)=O. The van der Waals surface area contributed by atoms with Crippen LogP contribution in [0, 0.1) is 0 Å². The van der Waals surface area contributed by atoms with Gasteiger partial charge >= 0.3 is 6.18 Å². The molecule has 4 rings (SSSR count). The molecular formula is C27H38F3N5O3.